The van der Waals surface area contributed by atoms with E-state index in [1.165, 1.54) is 170 Å². The monoisotopic (exact) mass is 941 g/mol. The summed E-state index contributed by atoms with van der Waals surface area (Å²) < 4.78 is 0. The minimum Gasteiger partial charge on any atom is -0.314 e. The fourth-order valence-electron chi connectivity index (χ4n) is 12.9. The van der Waals surface area contributed by atoms with E-state index < -0.39 is 0 Å². The molecular weight excluding hydrogens is 869 g/mol. The van der Waals surface area contributed by atoms with Crippen LogP contribution in [0.25, 0.3) is 37.9 Å². The van der Waals surface area contributed by atoms with Crippen LogP contribution < -0.4 is 9.80 Å². The number of hydrogen-bond acceptors (Lipinski definition) is 2. The van der Waals surface area contributed by atoms with Gasteiger partial charge in [0.2, 0.25) is 0 Å². The van der Waals surface area contributed by atoms with Crippen molar-refractivity contribution in [3.05, 3.63) is 221 Å². The van der Waals surface area contributed by atoms with Crippen LogP contribution in [0.15, 0.2) is 187 Å². The van der Waals surface area contributed by atoms with Gasteiger partial charge in [-0.15, -0.1) is 0 Å². The van der Waals surface area contributed by atoms with Crippen LogP contribution in [0.1, 0.15) is 174 Å². The van der Waals surface area contributed by atoms with E-state index in [4.69, 9.17) is 0 Å². The quantitative estimate of drug-likeness (QED) is 0.113. The van der Waals surface area contributed by atoms with Gasteiger partial charge in [-0.05, 0) is 213 Å². The van der Waals surface area contributed by atoms with Crippen molar-refractivity contribution < 1.29 is 0 Å². The number of benzene rings is 8. The predicted octanol–water partition coefficient (Wildman–Crippen LogP) is 20.6. The van der Waals surface area contributed by atoms with Crippen LogP contribution in [0.5, 0.6) is 0 Å². The smallest absolute Gasteiger partial charge is 0.0461 e. The van der Waals surface area contributed by atoms with Gasteiger partial charge in [-0.3, -0.25) is 0 Å². The molecule has 4 aliphatic carbocycles. The molecule has 362 valence electrons. The van der Waals surface area contributed by atoms with Gasteiger partial charge < -0.3 is 9.80 Å². The first-order chi connectivity index (χ1) is 35.3. The van der Waals surface area contributed by atoms with Crippen molar-refractivity contribution in [2.75, 3.05) is 9.80 Å². The molecule has 2 saturated carbocycles. The Labute approximate surface area is 429 Å². The fraction of sp³-hybridized carbons (Fsp3) is 0.314. The van der Waals surface area contributed by atoms with E-state index in [9.17, 15) is 0 Å². The second-order valence-electron chi connectivity index (χ2n) is 22.5. The van der Waals surface area contributed by atoms with Gasteiger partial charge in [0.25, 0.3) is 0 Å². The summed E-state index contributed by atoms with van der Waals surface area (Å²) in [6.07, 6.45) is 28.5. The zero-order valence-corrected chi connectivity index (χ0v) is 43.2. The number of rotatable bonds is 12. The molecule has 0 aliphatic heterocycles. The number of anilines is 4. The third kappa shape index (κ3) is 9.23. The highest BCUT2D eigenvalue weighted by molar-refractivity contribution is 6.23. The molecule has 0 radical (unpaired) electrons. The van der Waals surface area contributed by atoms with E-state index in [-0.39, 0.29) is 0 Å². The van der Waals surface area contributed by atoms with Gasteiger partial charge in [-0.2, -0.15) is 0 Å². The average Bonchev–Trinajstić information content (AvgIpc) is 3.44. The molecule has 2 fully saturated rings. The molecule has 2 nitrogen and oxygen atoms in total. The molecule has 0 amide bonds. The Morgan fingerprint density at radius 2 is 0.875 bits per heavy atom. The lowest BCUT2D eigenvalue weighted by Crippen LogP contribution is -2.18. The van der Waals surface area contributed by atoms with E-state index in [0.29, 0.717) is 29.6 Å². The summed E-state index contributed by atoms with van der Waals surface area (Å²) in [7, 11) is 0. The highest BCUT2D eigenvalue weighted by Gasteiger charge is 2.24. The SMILES string of the molecule is CC(C)c1ccc(N(C2=CCC(c3cc4ccc5cc(C6=CC=C(N(c7ccc(C(C)C)cc7)c7ccc(C8CCCCC8)cc7)CC6)cc6ccc(c3)c4c56)C=C2)c2ccc(C3CCCCC3)cc2)cc1. The zero-order valence-electron chi connectivity index (χ0n) is 43.2. The number of nitrogens with zero attached hydrogens (tertiary/aromatic N) is 2. The van der Waals surface area contributed by atoms with Crippen molar-refractivity contribution in [3.63, 3.8) is 0 Å². The van der Waals surface area contributed by atoms with Crippen molar-refractivity contribution in [2.24, 2.45) is 0 Å². The first-order valence-electron chi connectivity index (χ1n) is 27.8. The van der Waals surface area contributed by atoms with Crippen molar-refractivity contribution in [1.29, 1.82) is 0 Å². The Morgan fingerprint density at radius 3 is 1.29 bits per heavy atom. The summed E-state index contributed by atoms with van der Waals surface area (Å²) in [6.45, 7) is 9.11. The topological polar surface area (TPSA) is 6.48 Å². The maximum atomic E-state index is 2.51. The van der Waals surface area contributed by atoms with Crippen molar-refractivity contribution >= 4 is 60.6 Å². The minimum atomic E-state index is 0.313. The van der Waals surface area contributed by atoms with Crippen LogP contribution in [-0.4, -0.2) is 0 Å². The largest absolute Gasteiger partial charge is 0.314 e. The lowest BCUT2D eigenvalue weighted by atomic mass is 9.84. The Morgan fingerprint density at radius 1 is 0.431 bits per heavy atom. The van der Waals surface area contributed by atoms with E-state index in [0.717, 1.165) is 19.3 Å². The second-order valence-corrected chi connectivity index (χ2v) is 22.5. The van der Waals surface area contributed by atoms with E-state index in [2.05, 4.69) is 213 Å². The second kappa shape index (κ2) is 20.1. The molecule has 0 bridgehead atoms. The summed E-state index contributed by atoms with van der Waals surface area (Å²) in [5, 5.41) is 8.09. The van der Waals surface area contributed by atoms with Crippen LogP contribution >= 0.6 is 0 Å². The Hall–Kier alpha value is -6.64. The lowest BCUT2D eigenvalue weighted by molar-refractivity contribution is 0.443. The summed E-state index contributed by atoms with van der Waals surface area (Å²) in [5.74, 6) is 2.73. The van der Waals surface area contributed by atoms with E-state index in [1.54, 1.807) is 0 Å². The first kappa shape index (κ1) is 46.4. The molecule has 12 rings (SSSR count). The normalized spacial score (nSPS) is 18.0. The van der Waals surface area contributed by atoms with Gasteiger partial charge in [0, 0.05) is 40.1 Å². The van der Waals surface area contributed by atoms with Crippen LogP contribution in [0.3, 0.4) is 0 Å². The van der Waals surface area contributed by atoms with Crippen LogP contribution in [0.2, 0.25) is 0 Å². The van der Waals surface area contributed by atoms with Crippen molar-refractivity contribution in [3.8, 4) is 0 Å². The molecule has 0 N–H and O–H groups in total. The van der Waals surface area contributed by atoms with Gasteiger partial charge in [0.05, 0.1) is 0 Å². The zero-order chi connectivity index (χ0) is 48.7. The minimum absolute atomic E-state index is 0.313. The third-order valence-corrected chi connectivity index (χ3v) is 17.2. The standard InChI is InChI=1S/C70H72N2/c1-47(2)49-19-31-63(32-20-49)71(65-35-23-53(24-36-65)51-11-7-5-8-12-51)67-39-27-55(28-40-67)61-43-57-15-17-59-45-62(46-60-18-16-58(44-61)69(57)70(59)60)56-29-41-68(42-30-56)72(64-33-21-50(22-34-64)48(3)4)66-37-25-54(26-38-66)52-13-9-6-10-14-52/h15-27,29,31-41,43-48,51-52,55H,5-14,28,30,42H2,1-4H3. The fourth-order valence-corrected chi connectivity index (χ4v) is 12.9. The van der Waals surface area contributed by atoms with Gasteiger partial charge in [-0.25, -0.2) is 0 Å². The molecule has 1 unspecified atom stereocenters. The van der Waals surface area contributed by atoms with Crippen molar-refractivity contribution in [2.45, 2.75) is 141 Å². The van der Waals surface area contributed by atoms with Gasteiger partial charge in [0.15, 0.2) is 0 Å². The number of hydrogen-bond donors (Lipinski definition) is 0. The highest BCUT2D eigenvalue weighted by Crippen LogP contribution is 2.44. The van der Waals surface area contributed by atoms with Crippen LogP contribution in [0.4, 0.5) is 22.7 Å². The lowest BCUT2D eigenvalue weighted by Gasteiger charge is -2.31. The molecule has 72 heavy (non-hydrogen) atoms. The molecule has 0 saturated heterocycles. The molecule has 1 atom stereocenters. The molecule has 0 heterocycles. The van der Waals surface area contributed by atoms with Gasteiger partial charge in [-0.1, -0.05) is 169 Å². The summed E-state index contributed by atoms with van der Waals surface area (Å²) in [4.78, 5) is 4.97. The predicted molar refractivity (Wildman–Crippen MR) is 310 cm³/mol. The van der Waals surface area contributed by atoms with Gasteiger partial charge in [0.1, 0.15) is 0 Å². The molecule has 0 aromatic heterocycles. The van der Waals surface area contributed by atoms with E-state index in [1.807, 2.05) is 0 Å². The van der Waals surface area contributed by atoms with Crippen LogP contribution in [0, 0.1) is 0 Å². The molecule has 2 heteroatoms. The molecule has 8 aromatic carbocycles. The molecule has 4 aliphatic rings. The summed E-state index contributed by atoms with van der Waals surface area (Å²) in [6, 6.07) is 57.0. The van der Waals surface area contributed by atoms with Gasteiger partial charge >= 0.3 is 0 Å². The molecule has 0 spiro atoms. The first-order valence-corrected chi connectivity index (χ1v) is 27.8. The van der Waals surface area contributed by atoms with Crippen molar-refractivity contribution in [1.82, 2.24) is 0 Å². The maximum absolute atomic E-state index is 2.51. The third-order valence-electron chi connectivity index (χ3n) is 17.2. The summed E-state index contributed by atoms with van der Waals surface area (Å²) >= 11 is 0. The van der Waals surface area contributed by atoms with E-state index >= 15 is 0 Å². The average molecular weight is 941 g/mol. The highest BCUT2D eigenvalue weighted by atomic mass is 15.2. The Balaban J connectivity index is 0.809. The Kier molecular flexibility index (Phi) is 13.0. The molecular formula is C70H72N2. The number of allylic oxidation sites excluding steroid dienone is 7. The van der Waals surface area contributed by atoms with Crippen LogP contribution in [-0.2, 0) is 0 Å². The molecule has 8 aromatic rings. The maximum Gasteiger partial charge on any atom is 0.0461 e. The Bertz CT molecular complexity index is 3240. The summed E-state index contributed by atoms with van der Waals surface area (Å²) in [5.41, 5.74) is 17.4.